The molecule has 1 aliphatic carbocycles. The van der Waals surface area contributed by atoms with E-state index in [9.17, 15) is 4.79 Å². The number of rotatable bonds is 8. The molecule has 1 aromatic rings. The second-order valence-electron chi connectivity index (χ2n) is 5.73. The van der Waals surface area contributed by atoms with Gasteiger partial charge in [-0.1, -0.05) is 0 Å². The van der Waals surface area contributed by atoms with Crippen LogP contribution in [0.4, 0.5) is 5.69 Å². The molecule has 0 spiro atoms. The van der Waals surface area contributed by atoms with E-state index in [2.05, 4.69) is 10.3 Å². The highest BCUT2D eigenvalue weighted by molar-refractivity contribution is 5.97. The molecule has 6 heteroatoms. The van der Waals surface area contributed by atoms with Crippen LogP contribution in [0.3, 0.4) is 0 Å². The quantitative estimate of drug-likeness (QED) is 0.745. The molecule has 0 radical (unpaired) electrons. The molecule has 0 saturated heterocycles. The van der Waals surface area contributed by atoms with Gasteiger partial charge in [-0.05, 0) is 38.7 Å². The van der Waals surface area contributed by atoms with Gasteiger partial charge in [0.2, 0.25) is 5.88 Å². The first-order chi connectivity index (χ1) is 10.5. The molecule has 1 N–H and O–H groups in total. The lowest BCUT2D eigenvalue weighted by Gasteiger charge is -2.26. The first-order valence-corrected chi connectivity index (χ1v) is 7.46. The Balaban J connectivity index is 2.01. The maximum absolute atomic E-state index is 12.4. The standard InChI is InChI=1S/C16H24N2O4/c1-11-9-13(10-17-14(11)22-8-7-20-3)18-15(19)16(2,21-4)12-5-6-12/h9-10,12H,5-8H2,1-4H3,(H,18,19). The monoisotopic (exact) mass is 308 g/mol. The maximum Gasteiger partial charge on any atom is 0.256 e. The summed E-state index contributed by atoms with van der Waals surface area (Å²) in [5.41, 5.74) is 0.728. The highest BCUT2D eigenvalue weighted by Crippen LogP contribution is 2.42. The fraction of sp³-hybridized carbons (Fsp3) is 0.625. The highest BCUT2D eigenvalue weighted by atomic mass is 16.5. The van der Waals surface area contributed by atoms with Gasteiger partial charge in [-0.15, -0.1) is 0 Å². The molecule has 0 bridgehead atoms. The number of amides is 1. The number of nitrogens with one attached hydrogen (secondary N) is 1. The third-order valence-electron chi connectivity index (χ3n) is 4.05. The Hall–Kier alpha value is -1.66. The van der Waals surface area contributed by atoms with Crippen molar-refractivity contribution < 1.29 is 19.0 Å². The normalized spacial score (nSPS) is 16.9. The number of hydrogen-bond acceptors (Lipinski definition) is 5. The Morgan fingerprint density at radius 3 is 2.68 bits per heavy atom. The highest BCUT2D eigenvalue weighted by Gasteiger charge is 2.47. The van der Waals surface area contributed by atoms with Crippen LogP contribution in [0, 0.1) is 12.8 Å². The molecule has 1 unspecified atom stereocenters. The van der Waals surface area contributed by atoms with E-state index in [1.165, 1.54) is 0 Å². The lowest BCUT2D eigenvalue weighted by atomic mass is 9.99. The van der Waals surface area contributed by atoms with Gasteiger partial charge in [0.1, 0.15) is 12.2 Å². The number of carbonyl (C=O) groups is 1. The van der Waals surface area contributed by atoms with Crippen LogP contribution in [0.2, 0.25) is 0 Å². The van der Waals surface area contributed by atoms with Crippen molar-refractivity contribution in [2.75, 3.05) is 32.8 Å². The second-order valence-corrected chi connectivity index (χ2v) is 5.73. The molecule has 0 aromatic carbocycles. The first-order valence-electron chi connectivity index (χ1n) is 7.46. The molecule has 0 aliphatic heterocycles. The number of ether oxygens (including phenoxy) is 3. The van der Waals surface area contributed by atoms with Crippen LogP contribution in [0.5, 0.6) is 5.88 Å². The number of anilines is 1. The van der Waals surface area contributed by atoms with Crippen molar-refractivity contribution in [2.45, 2.75) is 32.3 Å². The van der Waals surface area contributed by atoms with Crippen LogP contribution in [-0.4, -0.2) is 43.9 Å². The van der Waals surface area contributed by atoms with Crippen molar-refractivity contribution in [1.29, 1.82) is 0 Å². The predicted octanol–water partition coefficient (Wildman–Crippen LogP) is 2.17. The van der Waals surface area contributed by atoms with Gasteiger partial charge in [-0.2, -0.15) is 0 Å². The minimum Gasteiger partial charge on any atom is -0.475 e. The van der Waals surface area contributed by atoms with Crippen LogP contribution in [0.1, 0.15) is 25.3 Å². The minimum absolute atomic E-state index is 0.133. The largest absolute Gasteiger partial charge is 0.475 e. The summed E-state index contributed by atoms with van der Waals surface area (Å²) in [4.78, 5) is 16.7. The summed E-state index contributed by atoms with van der Waals surface area (Å²) in [5.74, 6) is 0.710. The zero-order valence-corrected chi connectivity index (χ0v) is 13.6. The number of aromatic nitrogens is 1. The number of pyridine rings is 1. The lowest BCUT2D eigenvalue weighted by Crippen LogP contribution is -2.44. The van der Waals surface area contributed by atoms with Gasteiger partial charge >= 0.3 is 0 Å². The van der Waals surface area contributed by atoms with Crippen molar-refractivity contribution in [2.24, 2.45) is 5.92 Å². The summed E-state index contributed by atoms with van der Waals surface area (Å²) < 4.78 is 15.9. The zero-order valence-electron chi connectivity index (χ0n) is 13.6. The Kier molecular flexibility index (Phi) is 5.37. The van der Waals surface area contributed by atoms with Crippen LogP contribution >= 0.6 is 0 Å². The predicted molar refractivity (Wildman–Crippen MR) is 83.1 cm³/mol. The molecule has 122 valence electrons. The fourth-order valence-corrected chi connectivity index (χ4v) is 2.34. The Labute approximate surface area is 131 Å². The molecule has 6 nitrogen and oxygen atoms in total. The van der Waals surface area contributed by atoms with E-state index in [4.69, 9.17) is 14.2 Å². The van der Waals surface area contributed by atoms with Gasteiger partial charge in [0.15, 0.2) is 0 Å². The van der Waals surface area contributed by atoms with Gasteiger partial charge in [0, 0.05) is 19.8 Å². The average molecular weight is 308 g/mol. The summed E-state index contributed by atoms with van der Waals surface area (Å²) in [6.45, 7) is 4.68. The molecule has 1 aromatic heterocycles. The van der Waals surface area contributed by atoms with Crippen LogP contribution < -0.4 is 10.1 Å². The van der Waals surface area contributed by atoms with E-state index in [1.54, 1.807) is 20.4 Å². The van der Waals surface area contributed by atoms with E-state index in [0.29, 0.717) is 30.7 Å². The molecule has 1 aliphatic rings. The van der Waals surface area contributed by atoms with Gasteiger partial charge in [0.05, 0.1) is 18.5 Å². The average Bonchev–Trinajstić information content (AvgIpc) is 3.34. The molecule has 1 heterocycles. The number of hydrogen-bond donors (Lipinski definition) is 1. The van der Waals surface area contributed by atoms with E-state index >= 15 is 0 Å². The molecule has 2 rings (SSSR count). The number of carbonyl (C=O) groups excluding carboxylic acids is 1. The Morgan fingerprint density at radius 2 is 2.14 bits per heavy atom. The topological polar surface area (TPSA) is 69.7 Å². The summed E-state index contributed by atoms with van der Waals surface area (Å²) in [6.07, 6.45) is 3.65. The third-order valence-corrected chi connectivity index (χ3v) is 4.05. The number of methoxy groups -OCH3 is 2. The second kappa shape index (κ2) is 7.07. The van der Waals surface area contributed by atoms with Crippen molar-refractivity contribution in [3.05, 3.63) is 17.8 Å². The SMILES string of the molecule is COCCOc1ncc(NC(=O)C(C)(OC)C2CC2)cc1C. The third kappa shape index (κ3) is 3.75. The van der Waals surface area contributed by atoms with Gasteiger partial charge in [0.25, 0.3) is 5.91 Å². The molecule has 1 atom stereocenters. The Bertz CT molecular complexity index is 531. The molecular weight excluding hydrogens is 284 g/mol. The summed E-state index contributed by atoms with van der Waals surface area (Å²) in [7, 11) is 3.20. The zero-order chi connectivity index (χ0) is 16.2. The van der Waals surface area contributed by atoms with E-state index in [-0.39, 0.29) is 5.91 Å². The number of aryl methyl sites for hydroxylation is 1. The molecular formula is C16H24N2O4. The summed E-state index contributed by atoms with van der Waals surface area (Å²) in [5, 5.41) is 2.88. The fourth-order valence-electron chi connectivity index (χ4n) is 2.34. The lowest BCUT2D eigenvalue weighted by molar-refractivity contribution is -0.138. The molecule has 22 heavy (non-hydrogen) atoms. The van der Waals surface area contributed by atoms with Crippen molar-refractivity contribution in [3.63, 3.8) is 0 Å². The van der Waals surface area contributed by atoms with Crippen LogP contribution in [0.25, 0.3) is 0 Å². The van der Waals surface area contributed by atoms with E-state index < -0.39 is 5.60 Å². The summed E-state index contributed by atoms with van der Waals surface area (Å²) in [6, 6.07) is 1.84. The van der Waals surface area contributed by atoms with E-state index in [0.717, 1.165) is 18.4 Å². The van der Waals surface area contributed by atoms with Crippen molar-refractivity contribution >= 4 is 11.6 Å². The molecule has 1 amide bonds. The van der Waals surface area contributed by atoms with Crippen LogP contribution in [-0.2, 0) is 14.3 Å². The smallest absolute Gasteiger partial charge is 0.256 e. The van der Waals surface area contributed by atoms with Crippen LogP contribution in [0.15, 0.2) is 12.3 Å². The minimum atomic E-state index is -0.776. The van der Waals surface area contributed by atoms with Crippen molar-refractivity contribution in [3.8, 4) is 5.88 Å². The maximum atomic E-state index is 12.4. The van der Waals surface area contributed by atoms with Gasteiger partial charge < -0.3 is 19.5 Å². The summed E-state index contributed by atoms with van der Waals surface area (Å²) >= 11 is 0. The first kappa shape index (κ1) is 16.7. The van der Waals surface area contributed by atoms with Gasteiger partial charge in [-0.25, -0.2) is 4.98 Å². The van der Waals surface area contributed by atoms with Gasteiger partial charge in [-0.3, -0.25) is 4.79 Å². The Morgan fingerprint density at radius 1 is 1.41 bits per heavy atom. The van der Waals surface area contributed by atoms with E-state index in [1.807, 2.05) is 19.9 Å². The van der Waals surface area contributed by atoms with Crippen molar-refractivity contribution in [1.82, 2.24) is 4.98 Å². The molecule has 1 fully saturated rings. The number of nitrogens with zero attached hydrogens (tertiary/aromatic N) is 1. The molecule has 1 saturated carbocycles.